The van der Waals surface area contributed by atoms with E-state index in [0.29, 0.717) is 24.1 Å². The molecule has 0 aliphatic rings. The molecular formula is C20H19N5O. The van der Waals surface area contributed by atoms with Crippen LogP contribution in [0.25, 0.3) is 22.3 Å². The number of para-hydroxylation sites is 1. The molecule has 0 amide bonds. The number of benzene rings is 2. The number of aryl methyl sites for hydroxylation is 1. The number of nitrogens with zero attached hydrogens (tertiary/aromatic N) is 3. The summed E-state index contributed by atoms with van der Waals surface area (Å²) in [6, 6.07) is 17.7. The highest BCUT2D eigenvalue weighted by atomic mass is 16.5. The molecule has 0 spiro atoms. The van der Waals surface area contributed by atoms with Gasteiger partial charge in [-0.15, -0.1) is 0 Å². The van der Waals surface area contributed by atoms with E-state index in [-0.39, 0.29) is 0 Å². The van der Waals surface area contributed by atoms with E-state index >= 15 is 0 Å². The van der Waals surface area contributed by atoms with Crippen LogP contribution in [0.3, 0.4) is 0 Å². The maximum Gasteiger partial charge on any atom is 0.162 e. The van der Waals surface area contributed by atoms with Crippen LogP contribution < -0.4 is 10.1 Å². The summed E-state index contributed by atoms with van der Waals surface area (Å²) in [6.45, 7) is 4.49. The van der Waals surface area contributed by atoms with Crippen molar-refractivity contribution >= 4 is 22.5 Å². The first-order valence-electron chi connectivity index (χ1n) is 8.52. The van der Waals surface area contributed by atoms with Crippen molar-refractivity contribution in [1.29, 1.82) is 0 Å². The van der Waals surface area contributed by atoms with Gasteiger partial charge in [-0.2, -0.15) is 5.10 Å². The summed E-state index contributed by atoms with van der Waals surface area (Å²) in [5.74, 6) is 2.79. The molecule has 0 radical (unpaired) electrons. The van der Waals surface area contributed by atoms with Crippen LogP contribution in [0.5, 0.6) is 5.75 Å². The van der Waals surface area contributed by atoms with Crippen LogP contribution in [-0.2, 0) is 0 Å². The summed E-state index contributed by atoms with van der Waals surface area (Å²) in [5, 5.41) is 11.4. The molecule has 0 fully saturated rings. The van der Waals surface area contributed by atoms with Crippen LogP contribution in [0.15, 0.2) is 54.6 Å². The Bertz CT molecular complexity index is 1040. The van der Waals surface area contributed by atoms with Gasteiger partial charge < -0.3 is 10.1 Å². The van der Waals surface area contributed by atoms with Crippen LogP contribution in [0, 0.1) is 6.92 Å². The molecule has 6 heteroatoms. The third-order valence-corrected chi connectivity index (χ3v) is 3.97. The summed E-state index contributed by atoms with van der Waals surface area (Å²) in [4.78, 5) is 9.51. The van der Waals surface area contributed by atoms with Gasteiger partial charge in [-0.25, -0.2) is 9.97 Å². The predicted octanol–water partition coefficient (Wildman–Crippen LogP) is 4.47. The first-order chi connectivity index (χ1) is 12.7. The smallest absolute Gasteiger partial charge is 0.162 e. The van der Waals surface area contributed by atoms with E-state index in [4.69, 9.17) is 14.7 Å². The molecule has 2 heterocycles. The topological polar surface area (TPSA) is 75.7 Å². The second kappa shape index (κ2) is 6.84. The largest absolute Gasteiger partial charge is 0.492 e. The molecule has 2 aromatic carbocycles. The zero-order valence-corrected chi connectivity index (χ0v) is 14.7. The quantitative estimate of drug-likeness (QED) is 0.558. The Balaban J connectivity index is 1.91. The average molecular weight is 345 g/mol. The molecule has 2 aromatic heterocycles. The average Bonchev–Trinajstić information content (AvgIpc) is 3.08. The van der Waals surface area contributed by atoms with Crippen molar-refractivity contribution in [2.24, 2.45) is 0 Å². The van der Waals surface area contributed by atoms with Crippen LogP contribution in [0.1, 0.15) is 12.6 Å². The first kappa shape index (κ1) is 16.1. The van der Waals surface area contributed by atoms with Crippen LogP contribution in [-0.4, -0.2) is 26.8 Å². The normalized spacial score (nSPS) is 10.8. The molecule has 2 N–H and O–H groups in total. The zero-order valence-electron chi connectivity index (χ0n) is 14.7. The maximum atomic E-state index is 5.78. The molecule has 26 heavy (non-hydrogen) atoms. The molecule has 130 valence electrons. The third kappa shape index (κ3) is 3.09. The monoisotopic (exact) mass is 345 g/mol. The molecule has 0 atom stereocenters. The first-order valence-corrected chi connectivity index (χ1v) is 8.52. The maximum absolute atomic E-state index is 5.78. The van der Waals surface area contributed by atoms with Gasteiger partial charge in [-0.1, -0.05) is 36.4 Å². The Hall–Kier alpha value is -3.41. The summed E-state index contributed by atoms with van der Waals surface area (Å²) in [5.41, 5.74) is 2.70. The van der Waals surface area contributed by atoms with E-state index in [1.807, 2.05) is 68.4 Å². The molecule has 0 aliphatic carbocycles. The molecular weight excluding hydrogens is 326 g/mol. The number of nitrogens with one attached hydrogen (secondary N) is 2. The predicted molar refractivity (Wildman–Crippen MR) is 103 cm³/mol. The second-order valence-corrected chi connectivity index (χ2v) is 5.91. The van der Waals surface area contributed by atoms with Crippen molar-refractivity contribution < 1.29 is 4.74 Å². The van der Waals surface area contributed by atoms with Gasteiger partial charge in [0.25, 0.3) is 0 Å². The molecule has 0 aliphatic heterocycles. The van der Waals surface area contributed by atoms with Gasteiger partial charge in [0.15, 0.2) is 11.6 Å². The van der Waals surface area contributed by atoms with Gasteiger partial charge in [-0.05, 0) is 26.0 Å². The Morgan fingerprint density at radius 2 is 1.88 bits per heavy atom. The van der Waals surface area contributed by atoms with E-state index < -0.39 is 0 Å². The highest BCUT2D eigenvalue weighted by molar-refractivity contribution is 5.95. The molecule has 0 unspecified atom stereocenters. The molecule has 6 nitrogen and oxygen atoms in total. The van der Waals surface area contributed by atoms with Crippen LogP contribution >= 0.6 is 0 Å². The van der Waals surface area contributed by atoms with E-state index in [2.05, 4.69) is 15.5 Å². The van der Waals surface area contributed by atoms with E-state index in [0.717, 1.165) is 27.9 Å². The van der Waals surface area contributed by atoms with Gasteiger partial charge >= 0.3 is 0 Å². The minimum atomic E-state index is 0.575. The van der Waals surface area contributed by atoms with Crippen molar-refractivity contribution in [3.05, 3.63) is 60.3 Å². The Morgan fingerprint density at radius 1 is 1.04 bits per heavy atom. The molecule has 4 rings (SSSR count). The van der Waals surface area contributed by atoms with E-state index in [1.165, 1.54) is 0 Å². The lowest BCUT2D eigenvalue weighted by molar-refractivity contribution is 0.343. The number of ether oxygens (including phenoxy) is 1. The number of aromatic amines is 1. The minimum absolute atomic E-state index is 0.575. The highest BCUT2D eigenvalue weighted by Crippen LogP contribution is 2.32. The van der Waals surface area contributed by atoms with Crippen molar-refractivity contribution in [3.63, 3.8) is 0 Å². The summed E-state index contributed by atoms with van der Waals surface area (Å²) in [7, 11) is 0. The Labute approximate surface area is 151 Å². The Kier molecular flexibility index (Phi) is 4.23. The fraction of sp³-hybridized carbons (Fsp3) is 0.150. The lowest BCUT2D eigenvalue weighted by atomic mass is 10.1. The van der Waals surface area contributed by atoms with Gasteiger partial charge in [0.2, 0.25) is 0 Å². The zero-order chi connectivity index (χ0) is 17.9. The second-order valence-electron chi connectivity index (χ2n) is 5.91. The highest BCUT2D eigenvalue weighted by Gasteiger charge is 2.14. The van der Waals surface area contributed by atoms with Crippen LogP contribution in [0.2, 0.25) is 0 Å². The fourth-order valence-corrected chi connectivity index (χ4v) is 2.81. The number of hydrogen-bond acceptors (Lipinski definition) is 5. The standard InChI is InChI=1S/C20H19N5O/c1-3-26-16-11-7-10-15-18(16)22-19(14-8-5-4-6-9-14)23-20(15)21-17-12-13(2)24-25-17/h4-12H,3H2,1-2H3,(H2,21,22,23,24,25). The number of aromatic nitrogens is 4. The summed E-state index contributed by atoms with van der Waals surface area (Å²) < 4.78 is 5.78. The number of hydrogen-bond donors (Lipinski definition) is 2. The fourth-order valence-electron chi connectivity index (χ4n) is 2.81. The molecule has 4 aromatic rings. The number of anilines is 2. The van der Waals surface area contributed by atoms with Gasteiger partial charge in [0, 0.05) is 22.7 Å². The minimum Gasteiger partial charge on any atom is -0.492 e. The number of H-pyrrole nitrogens is 1. The van der Waals surface area contributed by atoms with Gasteiger partial charge in [0.05, 0.1) is 6.61 Å². The van der Waals surface area contributed by atoms with Crippen LogP contribution in [0.4, 0.5) is 11.6 Å². The van der Waals surface area contributed by atoms with E-state index in [9.17, 15) is 0 Å². The third-order valence-electron chi connectivity index (χ3n) is 3.97. The van der Waals surface area contributed by atoms with Crippen molar-refractivity contribution in [2.45, 2.75) is 13.8 Å². The lowest BCUT2D eigenvalue weighted by Gasteiger charge is -2.12. The molecule has 0 saturated heterocycles. The van der Waals surface area contributed by atoms with E-state index in [1.54, 1.807) is 0 Å². The summed E-state index contributed by atoms with van der Waals surface area (Å²) >= 11 is 0. The number of rotatable bonds is 5. The number of fused-ring (bicyclic) bond motifs is 1. The lowest BCUT2D eigenvalue weighted by Crippen LogP contribution is -2.01. The van der Waals surface area contributed by atoms with Gasteiger partial charge in [-0.3, -0.25) is 5.10 Å². The summed E-state index contributed by atoms with van der Waals surface area (Å²) in [6.07, 6.45) is 0. The SMILES string of the molecule is CCOc1cccc2c(Nc3cc(C)[nH]n3)nc(-c3ccccc3)nc12. The molecule has 0 bridgehead atoms. The van der Waals surface area contributed by atoms with Gasteiger partial charge in [0.1, 0.15) is 17.1 Å². The van der Waals surface area contributed by atoms with Crippen molar-refractivity contribution in [1.82, 2.24) is 20.2 Å². The van der Waals surface area contributed by atoms with Crippen molar-refractivity contribution in [3.8, 4) is 17.1 Å². The van der Waals surface area contributed by atoms with Crippen molar-refractivity contribution in [2.75, 3.05) is 11.9 Å². The molecule has 0 saturated carbocycles. The Morgan fingerprint density at radius 3 is 2.62 bits per heavy atom.